The summed E-state index contributed by atoms with van der Waals surface area (Å²) in [5.74, 6) is 0.711. The zero-order valence-electron chi connectivity index (χ0n) is 13.4. The third kappa shape index (κ3) is 5.32. The second-order valence-corrected chi connectivity index (χ2v) is 9.37. The molecule has 5 nitrogen and oxygen atoms in total. The normalized spacial score (nSPS) is 13.3. The Morgan fingerprint density at radius 1 is 1.48 bits per heavy atom. The molecule has 0 fully saturated rings. The summed E-state index contributed by atoms with van der Waals surface area (Å²) in [5, 5.41) is 5.21. The van der Waals surface area contributed by atoms with Gasteiger partial charge in [-0.3, -0.25) is 4.99 Å². The zero-order valence-corrected chi connectivity index (χ0v) is 15.0. The van der Waals surface area contributed by atoms with Crippen molar-refractivity contribution in [1.29, 1.82) is 0 Å². The standard InChI is InChI=1S/C14H25N3O2S2/c1-14(2,21(5,18)19)11-16-13(15-3)17(4)9-8-12-7-6-10-20-12/h6-7,10H,8-9,11H2,1-5H3,(H,15,16). The molecule has 1 aromatic rings. The average Bonchev–Trinajstić information content (AvgIpc) is 2.88. The highest BCUT2D eigenvalue weighted by Crippen LogP contribution is 2.13. The lowest BCUT2D eigenvalue weighted by molar-refractivity contribution is 0.476. The van der Waals surface area contributed by atoms with Crippen LogP contribution in [0.5, 0.6) is 0 Å². The summed E-state index contributed by atoms with van der Waals surface area (Å²) in [7, 11) is 0.546. The Morgan fingerprint density at radius 2 is 2.14 bits per heavy atom. The predicted octanol–water partition coefficient (Wildman–Crippen LogP) is 1.62. The number of guanidine groups is 1. The topological polar surface area (TPSA) is 61.8 Å². The summed E-state index contributed by atoms with van der Waals surface area (Å²) < 4.78 is 22.6. The summed E-state index contributed by atoms with van der Waals surface area (Å²) in [6, 6.07) is 4.16. The quantitative estimate of drug-likeness (QED) is 0.636. The van der Waals surface area contributed by atoms with Crippen LogP contribution in [0.4, 0.5) is 0 Å². The molecule has 0 aliphatic rings. The van der Waals surface area contributed by atoms with Gasteiger partial charge in [0.05, 0.1) is 4.75 Å². The molecule has 1 aromatic heterocycles. The van der Waals surface area contributed by atoms with E-state index in [1.54, 1.807) is 32.2 Å². The van der Waals surface area contributed by atoms with Gasteiger partial charge in [0, 0.05) is 38.3 Å². The Hall–Kier alpha value is -1.08. The van der Waals surface area contributed by atoms with Gasteiger partial charge < -0.3 is 10.2 Å². The molecule has 0 aliphatic carbocycles. The third-order valence-electron chi connectivity index (χ3n) is 3.52. The fourth-order valence-electron chi connectivity index (χ4n) is 1.65. The van der Waals surface area contributed by atoms with Gasteiger partial charge >= 0.3 is 0 Å². The molecule has 7 heteroatoms. The minimum absolute atomic E-state index is 0.335. The Balaban J connectivity index is 2.55. The van der Waals surface area contributed by atoms with E-state index in [2.05, 4.69) is 21.8 Å². The number of nitrogens with one attached hydrogen (secondary N) is 1. The first-order chi connectivity index (χ1) is 9.67. The Kier molecular flexibility index (Phi) is 6.22. The van der Waals surface area contributed by atoms with E-state index in [0.29, 0.717) is 12.5 Å². The van der Waals surface area contributed by atoms with Crippen LogP contribution in [0, 0.1) is 0 Å². The maximum Gasteiger partial charge on any atom is 0.193 e. The Labute approximate surface area is 132 Å². The molecular weight excluding hydrogens is 306 g/mol. The summed E-state index contributed by atoms with van der Waals surface area (Å²) in [6.45, 7) is 4.60. The third-order valence-corrected chi connectivity index (χ3v) is 6.61. The first-order valence-electron chi connectivity index (χ1n) is 6.81. The summed E-state index contributed by atoms with van der Waals surface area (Å²) in [6.07, 6.45) is 2.21. The molecular formula is C14H25N3O2S2. The number of hydrogen-bond donors (Lipinski definition) is 1. The van der Waals surface area contributed by atoms with Crippen molar-refractivity contribution in [2.45, 2.75) is 25.0 Å². The number of hydrogen-bond acceptors (Lipinski definition) is 4. The van der Waals surface area contributed by atoms with Crippen molar-refractivity contribution in [2.24, 2.45) is 4.99 Å². The molecule has 0 amide bonds. The van der Waals surface area contributed by atoms with E-state index in [9.17, 15) is 8.42 Å². The summed E-state index contributed by atoms with van der Waals surface area (Å²) in [4.78, 5) is 7.55. The molecule has 0 saturated heterocycles. The van der Waals surface area contributed by atoms with Crippen LogP contribution in [0.2, 0.25) is 0 Å². The fourth-order valence-corrected chi connectivity index (χ4v) is 2.68. The number of likely N-dealkylation sites (N-methyl/N-ethyl adjacent to an activating group) is 1. The van der Waals surface area contributed by atoms with Crippen LogP contribution < -0.4 is 5.32 Å². The van der Waals surface area contributed by atoms with Crippen LogP contribution in [-0.2, 0) is 16.3 Å². The van der Waals surface area contributed by atoms with Gasteiger partial charge in [0.2, 0.25) is 0 Å². The molecule has 21 heavy (non-hydrogen) atoms. The number of nitrogens with zero attached hydrogens (tertiary/aromatic N) is 2. The molecule has 0 spiro atoms. The molecule has 1 rings (SSSR count). The molecule has 120 valence electrons. The van der Waals surface area contributed by atoms with E-state index >= 15 is 0 Å². The predicted molar refractivity (Wildman–Crippen MR) is 90.9 cm³/mol. The van der Waals surface area contributed by atoms with Crippen molar-refractivity contribution in [3.63, 3.8) is 0 Å². The Morgan fingerprint density at radius 3 is 2.62 bits per heavy atom. The molecule has 0 bridgehead atoms. The van der Waals surface area contributed by atoms with E-state index in [4.69, 9.17) is 0 Å². The van der Waals surface area contributed by atoms with E-state index in [1.165, 1.54) is 11.1 Å². The highest BCUT2D eigenvalue weighted by Gasteiger charge is 2.30. The van der Waals surface area contributed by atoms with Gasteiger partial charge in [-0.05, 0) is 31.7 Å². The molecule has 0 saturated carbocycles. The number of rotatable bonds is 6. The second-order valence-electron chi connectivity index (χ2n) is 5.68. The first kappa shape index (κ1) is 18.0. The van der Waals surface area contributed by atoms with Crippen LogP contribution >= 0.6 is 11.3 Å². The second kappa shape index (κ2) is 7.26. The van der Waals surface area contributed by atoms with E-state index in [1.807, 2.05) is 18.0 Å². The van der Waals surface area contributed by atoms with Gasteiger partial charge in [0.1, 0.15) is 0 Å². The van der Waals surface area contributed by atoms with Crippen molar-refractivity contribution in [3.8, 4) is 0 Å². The SMILES string of the molecule is CN=C(NCC(C)(C)S(C)(=O)=O)N(C)CCc1cccs1. The van der Waals surface area contributed by atoms with E-state index < -0.39 is 14.6 Å². The molecule has 0 aromatic carbocycles. The smallest absolute Gasteiger partial charge is 0.193 e. The summed E-state index contributed by atoms with van der Waals surface area (Å²) >= 11 is 1.74. The monoisotopic (exact) mass is 331 g/mol. The van der Waals surface area contributed by atoms with Gasteiger partial charge in [-0.2, -0.15) is 0 Å². The lowest BCUT2D eigenvalue weighted by atomic mass is 10.2. The van der Waals surface area contributed by atoms with Crippen molar-refractivity contribution in [3.05, 3.63) is 22.4 Å². The minimum atomic E-state index is -3.11. The number of thiophene rings is 1. The maximum absolute atomic E-state index is 11.7. The zero-order chi connectivity index (χ0) is 16.1. The molecule has 1 heterocycles. The fraction of sp³-hybridized carbons (Fsp3) is 0.643. The van der Waals surface area contributed by atoms with Crippen LogP contribution in [0.25, 0.3) is 0 Å². The van der Waals surface area contributed by atoms with Crippen LogP contribution in [0.15, 0.2) is 22.5 Å². The Bertz CT molecular complexity index is 563. The maximum atomic E-state index is 11.7. The largest absolute Gasteiger partial charge is 0.355 e. The van der Waals surface area contributed by atoms with Crippen molar-refractivity contribution < 1.29 is 8.42 Å². The lowest BCUT2D eigenvalue weighted by Crippen LogP contribution is -2.48. The highest BCUT2D eigenvalue weighted by molar-refractivity contribution is 7.92. The average molecular weight is 332 g/mol. The first-order valence-corrected chi connectivity index (χ1v) is 9.58. The molecule has 0 atom stereocenters. The summed E-state index contributed by atoms with van der Waals surface area (Å²) in [5.41, 5.74) is 0. The molecule has 0 aliphatic heterocycles. The molecule has 1 N–H and O–H groups in total. The van der Waals surface area contributed by atoms with E-state index in [-0.39, 0.29) is 0 Å². The minimum Gasteiger partial charge on any atom is -0.355 e. The lowest BCUT2D eigenvalue weighted by Gasteiger charge is -2.27. The van der Waals surface area contributed by atoms with E-state index in [0.717, 1.165) is 13.0 Å². The van der Waals surface area contributed by atoms with Gasteiger partial charge in [-0.1, -0.05) is 6.07 Å². The molecule has 0 radical (unpaired) electrons. The van der Waals surface area contributed by atoms with Crippen LogP contribution in [0.1, 0.15) is 18.7 Å². The van der Waals surface area contributed by atoms with Gasteiger partial charge in [-0.15, -0.1) is 11.3 Å². The van der Waals surface area contributed by atoms with Gasteiger partial charge in [0.15, 0.2) is 15.8 Å². The van der Waals surface area contributed by atoms with Crippen LogP contribution in [-0.4, -0.2) is 57.5 Å². The molecule has 0 unspecified atom stereocenters. The number of aliphatic imine (C=N–C) groups is 1. The van der Waals surface area contributed by atoms with Crippen molar-refractivity contribution >= 4 is 27.1 Å². The van der Waals surface area contributed by atoms with Crippen LogP contribution in [0.3, 0.4) is 0 Å². The van der Waals surface area contributed by atoms with Crippen molar-refractivity contribution in [1.82, 2.24) is 10.2 Å². The van der Waals surface area contributed by atoms with Crippen molar-refractivity contribution in [2.75, 3.05) is 33.4 Å². The number of sulfone groups is 1. The van der Waals surface area contributed by atoms with Gasteiger partial charge in [-0.25, -0.2) is 8.42 Å². The van der Waals surface area contributed by atoms with Gasteiger partial charge in [0.25, 0.3) is 0 Å². The highest BCUT2D eigenvalue weighted by atomic mass is 32.2.